The molecule has 0 spiro atoms. The van der Waals surface area contributed by atoms with Crippen LogP contribution in [0, 0.1) is 0 Å². The summed E-state index contributed by atoms with van der Waals surface area (Å²) in [5, 5.41) is 0. The van der Waals surface area contributed by atoms with E-state index in [2.05, 4.69) is 83.2 Å². The van der Waals surface area contributed by atoms with Gasteiger partial charge in [0.05, 0.1) is 0 Å². The molecule has 2 aromatic carbocycles. The Labute approximate surface area is 545 Å². The molecule has 1 aliphatic rings. The van der Waals surface area contributed by atoms with E-state index in [9.17, 15) is 5.84 Å². The number of aryl methyl sites for hydroxylation is 4. The van der Waals surface area contributed by atoms with E-state index in [1.54, 1.807) is 0 Å². The Balaban J connectivity index is 1.75. The van der Waals surface area contributed by atoms with E-state index in [1.807, 2.05) is 4.68 Å². The normalized spacial score (nSPS) is 13.1. The molecular formula is C85H150N2. The highest BCUT2D eigenvalue weighted by Crippen LogP contribution is 2.33. The third kappa shape index (κ3) is 42.2. The first-order chi connectivity index (χ1) is 43.0. The van der Waals surface area contributed by atoms with Crippen LogP contribution >= 0.6 is 0 Å². The summed E-state index contributed by atoms with van der Waals surface area (Å²) in [5.74, 6) is 10.2. The molecule has 0 radical (unpaired) electrons. The molecule has 0 bridgehead atoms. The summed E-state index contributed by atoms with van der Waals surface area (Å²) in [6.45, 7) is 11.6. The number of hydrogen-bond acceptors (Lipinski definition) is 0. The fraction of sp³-hybridized carbons (Fsp3) is 0.800. The highest BCUT2D eigenvalue weighted by atomic mass is 15.3. The lowest BCUT2D eigenvalue weighted by molar-refractivity contribution is -0.347. The lowest BCUT2D eigenvalue weighted by Gasteiger charge is -2.14. The molecule has 0 aromatic heterocycles. The van der Waals surface area contributed by atoms with Gasteiger partial charge in [-0.1, -0.05) is 400 Å². The predicted octanol–water partition coefficient (Wildman–Crippen LogP) is 29.7. The maximum Gasteiger partial charge on any atom is 0.215 e. The number of nitrogens with one attached hydrogen (secondary N) is 1. The highest BCUT2D eigenvalue weighted by molar-refractivity contribution is 6.15. The summed E-state index contributed by atoms with van der Waals surface area (Å²) in [6, 6.07) is 15.2. The van der Waals surface area contributed by atoms with Crippen LogP contribution in [-0.2, 0) is 25.7 Å². The summed E-state index contributed by atoms with van der Waals surface area (Å²) >= 11 is 0. The van der Waals surface area contributed by atoms with Crippen molar-refractivity contribution in [3.8, 4) is 0 Å². The molecule has 1 aliphatic heterocycles. The van der Waals surface area contributed by atoms with Crippen LogP contribution in [0.25, 0.3) is 11.5 Å². The van der Waals surface area contributed by atoms with Crippen molar-refractivity contribution < 1.29 is 4.68 Å². The topological polar surface area (TPSA) is 26.8 Å². The second-order valence-electron chi connectivity index (χ2n) is 28.5. The molecule has 1 N–H and O–H groups in total. The predicted molar refractivity (Wildman–Crippen MR) is 393 cm³/mol. The molecule has 0 aliphatic carbocycles. The number of unbranched alkanes of at least 4 members (excludes halogenated alkanes) is 54. The van der Waals surface area contributed by atoms with Crippen LogP contribution in [0.4, 0.5) is 0 Å². The molecule has 0 fully saturated rings. The minimum atomic E-state index is 1.07. The number of hydrogen-bond donors (Lipinski definition) is 0. The van der Waals surface area contributed by atoms with Crippen molar-refractivity contribution in [3.05, 3.63) is 93.3 Å². The first-order valence-corrected chi connectivity index (χ1v) is 40.1. The SMILES string of the molecule is CCCCC=C1C=C(c2cc(CCCCCCCCCCCCCCCC)cc(CCCCCCCCCCCCCCCC)c2)[N+]([NH-])=C1c1cc(CCCCCCCCCCCCCCCC)cc(CCCCCCCCCCCCCCCC)c1. The quantitative estimate of drug-likeness (QED) is 0.0466. The lowest BCUT2D eigenvalue weighted by Crippen LogP contribution is -2.13. The molecule has 3 rings (SSSR count). The Hall–Kier alpha value is -2.61. The van der Waals surface area contributed by atoms with Crippen LogP contribution in [-0.4, -0.2) is 10.4 Å². The Kier molecular flexibility index (Phi) is 52.8. The molecular weight excluding hydrogens is 1050 g/mol. The fourth-order valence-corrected chi connectivity index (χ4v) is 14.1. The van der Waals surface area contributed by atoms with Gasteiger partial charge in [-0.15, -0.1) is 0 Å². The summed E-state index contributed by atoms with van der Waals surface area (Å²) in [5.41, 5.74) is 12.0. The maximum absolute atomic E-state index is 10.2. The number of rotatable bonds is 65. The van der Waals surface area contributed by atoms with Gasteiger partial charge in [-0.25, -0.2) is 4.68 Å². The molecule has 500 valence electrons. The van der Waals surface area contributed by atoms with Gasteiger partial charge in [0.15, 0.2) is 0 Å². The smallest absolute Gasteiger partial charge is 0.215 e. The van der Waals surface area contributed by atoms with Crippen molar-refractivity contribution in [2.75, 3.05) is 0 Å². The van der Waals surface area contributed by atoms with Crippen LogP contribution in [0.3, 0.4) is 0 Å². The van der Waals surface area contributed by atoms with Crippen molar-refractivity contribution in [2.45, 2.75) is 439 Å². The van der Waals surface area contributed by atoms with Crippen molar-refractivity contribution in [1.29, 1.82) is 0 Å². The van der Waals surface area contributed by atoms with Crippen LogP contribution in [0.2, 0.25) is 0 Å². The second-order valence-corrected chi connectivity index (χ2v) is 28.5. The molecule has 0 saturated carbocycles. The van der Waals surface area contributed by atoms with E-state index in [0.717, 1.165) is 43.5 Å². The Morgan fingerprint density at radius 1 is 0.253 bits per heavy atom. The van der Waals surface area contributed by atoms with Crippen molar-refractivity contribution >= 4 is 11.4 Å². The third-order valence-electron chi connectivity index (χ3n) is 19.9. The van der Waals surface area contributed by atoms with Crippen LogP contribution in [0.15, 0.2) is 54.1 Å². The molecule has 2 heteroatoms. The molecule has 0 unspecified atom stereocenters. The van der Waals surface area contributed by atoms with E-state index < -0.39 is 0 Å². The van der Waals surface area contributed by atoms with E-state index in [4.69, 9.17) is 0 Å². The molecule has 2 aromatic rings. The van der Waals surface area contributed by atoms with Gasteiger partial charge in [0, 0.05) is 22.8 Å². The molecule has 2 nitrogen and oxygen atoms in total. The first kappa shape index (κ1) is 78.6. The summed E-state index contributed by atoms with van der Waals surface area (Å²) in [6.07, 6.45) is 91.6. The van der Waals surface area contributed by atoms with Crippen molar-refractivity contribution in [2.24, 2.45) is 0 Å². The fourth-order valence-electron chi connectivity index (χ4n) is 14.1. The Morgan fingerprint density at radius 2 is 0.460 bits per heavy atom. The van der Waals surface area contributed by atoms with E-state index in [-0.39, 0.29) is 0 Å². The zero-order chi connectivity index (χ0) is 62.0. The van der Waals surface area contributed by atoms with Gasteiger partial charge in [-0.2, -0.15) is 0 Å². The van der Waals surface area contributed by atoms with Gasteiger partial charge in [-0.05, 0) is 104 Å². The largest absolute Gasteiger partial charge is 0.448 e. The zero-order valence-corrected chi connectivity index (χ0v) is 59.6. The number of nitrogens with zero attached hydrogens (tertiary/aromatic N) is 1. The minimum Gasteiger partial charge on any atom is -0.448 e. The van der Waals surface area contributed by atoms with Gasteiger partial charge >= 0.3 is 0 Å². The molecule has 87 heavy (non-hydrogen) atoms. The van der Waals surface area contributed by atoms with Gasteiger partial charge < -0.3 is 5.84 Å². The summed E-state index contributed by atoms with van der Waals surface area (Å²) in [7, 11) is 0. The molecule has 0 atom stereocenters. The highest BCUT2D eigenvalue weighted by Gasteiger charge is 2.29. The molecule has 0 saturated heterocycles. The lowest BCUT2D eigenvalue weighted by atomic mass is 9.93. The second kappa shape index (κ2) is 58.5. The van der Waals surface area contributed by atoms with Crippen LogP contribution in [0.5, 0.6) is 0 Å². The van der Waals surface area contributed by atoms with Crippen LogP contribution in [0.1, 0.15) is 447 Å². The monoisotopic (exact) mass is 1200 g/mol. The third-order valence-corrected chi connectivity index (χ3v) is 19.9. The molecule has 1 heterocycles. The van der Waals surface area contributed by atoms with Gasteiger partial charge in [-0.3, -0.25) is 0 Å². The van der Waals surface area contributed by atoms with E-state index in [0.29, 0.717) is 0 Å². The van der Waals surface area contributed by atoms with Crippen LogP contribution < -0.4 is 0 Å². The van der Waals surface area contributed by atoms with Crippen molar-refractivity contribution in [3.63, 3.8) is 0 Å². The average Bonchev–Trinajstić information content (AvgIpc) is 2.38. The Bertz CT molecular complexity index is 1850. The Morgan fingerprint density at radius 3 is 0.690 bits per heavy atom. The van der Waals surface area contributed by atoms with Crippen molar-refractivity contribution in [1.82, 2.24) is 0 Å². The average molecular weight is 1200 g/mol. The van der Waals surface area contributed by atoms with E-state index >= 15 is 0 Å². The van der Waals surface area contributed by atoms with Gasteiger partial charge in [0.2, 0.25) is 11.4 Å². The minimum absolute atomic E-state index is 1.07. The summed E-state index contributed by atoms with van der Waals surface area (Å²) < 4.78 is 1.89. The maximum atomic E-state index is 10.2. The number of allylic oxidation sites excluding steroid dienone is 3. The van der Waals surface area contributed by atoms with Gasteiger partial charge in [0.1, 0.15) is 0 Å². The van der Waals surface area contributed by atoms with Gasteiger partial charge in [0.25, 0.3) is 0 Å². The van der Waals surface area contributed by atoms with E-state index in [1.165, 1.54) is 411 Å². The zero-order valence-electron chi connectivity index (χ0n) is 59.6. The molecule has 0 amide bonds. The summed E-state index contributed by atoms with van der Waals surface area (Å²) in [4.78, 5) is 0. The first-order valence-electron chi connectivity index (χ1n) is 40.1. The number of benzene rings is 2. The standard InChI is InChI=1S/C85H150N2/c1-6-11-16-20-24-28-32-36-40-44-48-52-56-61-65-77-70-78(66-62-57-53-49-45-41-37-33-29-25-21-17-12-7-2)73-82(72-77)84-76-81(69-60-15-10-5)85(87(84)86)83-74-79(67-63-58-54-50-46-42-38-34-30-26-22-18-13-8-3)71-80(75-83)68-64-59-55-51-47-43-39-35-31-27-23-19-14-9-4/h69-76,86H,6-68H2,1-5H3.